The Morgan fingerprint density at radius 2 is 1.82 bits per heavy atom. The number of fused-ring (bicyclic) bond motifs is 1. The topological polar surface area (TPSA) is 77.5 Å². The molecule has 144 valence electrons. The maximum absolute atomic E-state index is 12.2. The second-order valence-electron chi connectivity index (χ2n) is 6.13. The predicted molar refractivity (Wildman–Crippen MR) is 106 cm³/mol. The van der Waals surface area contributed by atoms with Gasteiger partial charge in [0.15, 0.2) is 6.61 Å². The highest BCUT2D eigenvalue weighted by atomic mass is 35.5. The lowest BCUT2D eigenvalue weighted by atomic mass is 10.2. The van der Waals surface area contributed by atoms with Crippen LogP contribution in [0, 0.1) is 0 Å². The summed E-state index contributed by atoms with van der Waals surface area (Å²) in [5, 5.41) is 3.72. The number of carbonyl (C=O) groups excluding carboxylic acids is 2. The van der Waals surface area contributed by atoms with Gasteiger partial charge in [0.1, 0.15) is 23.6 Å². The maximum Gasteiger partial charge on any atom is 0.328 e. The minimum atomic E-state index is -0.820. The molecule has 1 heterocycles. The van der Waals surface area contributed by atoms with Crippen LogP contribution in [0.1, 0.15) is 12.5 Å². The van der Waals surface area contributed by atoms with Gasteiger partial charge in [0.05, 0.1) is 5.52 Å². The maximum atomic E-state index is 12.2. The summed E-state index contributed by atoms with van der Waals surface area (Å²) in [4.78, 5) is 28.4. The van der Waals surface area contributed by atoms with Gasteiger partial charge >= 0.3 is 5.97 Å². The molecule has 1 atom stereocenters. The van der Waals surface area contributed by atoms with Gasteiger partial charge in [-0.15, -0.1) is 0 Å². The first-order valence-corrected chi connectivity index (χ1v) is 9.09. The lowest BCUT2D eigenvalue weighted by Crippen LogP contribution is -2.41. The Hall–Kier alpha value is -3.12. The fraction of sp³-hybridized carbons (Fsp3) is 0.190. The van der Waals surface area contributed by atoms with Crippen LogP contribution in [-0.4, -0.2) is 29.5 Å². The SMILES string of the molecule is C[C@H](NC(=O)COc1ccccc1)C(=O)OCc1cc2ccccc2nc1Cl. The first kappa shape index (κ1) is 19.6. The Bertz CT molecular complexity index is 979. The third kappa shape index (κ3) is 5.20. The molecule has 1 aromatic heterocycles. The summed E-state index contributed by atoms with van der Waals surface area (Å²) in [6.45, 7) is 1.32. The molecule has 2 aromatic carbocycles. The standard InChI is InChI=1S/C21H19ClN2O4/c1-14(23-19(25)13-27-17-8-3-2-4-9-17)21(26)28-12-16-11-15-7-5-6-10-18(15)24-20(16)22/h2-11,14H,12-13H2,1H3,(H,23,25)/t14-/m0/s1. The van der Waals surface area contributed by atoms with Crippen LogP contribution >= 0.6 is 11.6 Å². The zero-order chi connectivity index (χ0) is 19.9. The molecule has 0 spiro atoms. The van der Waals surface area contributed by atoms with Crippen molar-refractivity contribution in [3.8, 4) is 5.75 Å². The number of amides is 1. The Morgan fingerprint density at radius 1 is 1.11 bits per heavy atom. The van der Waals surface area contributed by atoms with Crippen molar-refractivity contribution in [3.63, 3.8) is 0 Å². The number of rotatable bonds is 7. The van der Waals surface area contributed by atoms with E-state index >= 15 is 0 Å². The number of benzene rings is 2. The molecule has 0 aliphatic heterocycles. The molecule has 7 heteroatoms. The number of carbonyl (C=O) groups is 2. The van der Waals surface area contributed by atoms with Gasteiger partial charge in [-0.3, -0.25) is 4.79 Å². The van der Waals surface area contributed by atoms with E-state index in [2.05, 4.69) is 10.3 Å². The first-order chi connectivity index (χ1) is 13.5. The van der Waals surface area contributed by atoms with Gasteiger partial charge in [-0.2, -0.15) is 0 Å². The van der Waals surface area contributed by atoms with Gasteiger partial charge in [0.25, 0.3) is 5.91 Å². The number of hydrogen-bond acceptors (Lipinski definition) is 5. The van der Waals surface area contributed by atoms with Gasteiger partial charge in [-0.25, -0.2) is 9.78 Å². The van der Waals surface area contributed by atoms with Crippen LogP contribution in [0.2, 0.25) is 5.15 Å². The molecule has 28 heavy (non-hydrogen) atoms. The van der Waals surface area contributed by atoms with E-state index in [1.807, 2.05) is 36.4 Å². The van der Waals surface area contributed by atoms with Crippen molar-refractivity contribution in [1.82, 2.24) is 10.3 Å². The second kappa shape index (κ2) is 9.19. The number of esters is 1. The van der Waals surface area contributed by atoms with Crippen LogP contribution in [0.15, 0.2) is 60.7 Å². The number of nitrogens with zero attached hydrogens (tertiary/aromatic N) is 1. The van der Waals surface area contributed by atoms with Crippen molar-refractivity contribution in [2.24, 2.45) is 0 Å². The summed E-state index contributed by atoms with van der Waals surface area (Å²) in [5.74, 6) is -0.415. The smallest absolute Gasteiger partial charge is 0.328 e. The highest BCUT2D eigenvalue weighted by Gasteiger charge is 2.18. The van der Waals surface area contributed by atoms with Crippen molar-refractivity contribution in [2.75, 3.05) is 6.61 Å². The van der Waals surface area contributed by atoms with Crippen LogP contribution < -0.4 is 10.1 Å². The zero-order valence-electron chi connectivity index (χ0n) is 15.2. The highest BCUT2D eigenvalue weighted by Crippen LogP contribution is 2.21. The Labute approximate surface area is 167 Å². The largest absolute Gasteiger partial charge is 0.484 e. The number of para-hydroxylation sites is 2. The van der Waals surface area contributed by atoms with Crippen molar-refractivity contribution in [3.05, 3.63) is 71.4 Å². The molecule has 6 nitrogen and oxygen atoms in total. The van der Waals surface area contributed by atoms with E-state index in [0.717, 1.165) is 10.9 Å². The van der Waals surface area contributed by atoms with Gasteiger partial charge in [0.2, 0.25) is 0 Å². The van der Waals surface area contributed by atoms with Crippen LogP contribution in [-0.2, 0) is 20.9 Å². The van der Waals surface area contributed by atoms with Gasteiger partial charge in [-0.05, 0) is 31.2 Å². The van der Waals surface area contributed by atoms with E-state index < -0.39 is 17.9 Å². The summed E-state index contributed by atoms with van der Waals surface area (Å²) in [5.41, 5.74) is 1.36. The fourth-order valence-corrected chi connectivity index (χ4v) is 2.72. The monoisotopic (exact) mass is 398 g/mol. The predicted octanol–water partition coefficient (Wildman–Crippen LogP) is 3.52. The summed E-state index contributed by atoms with van der Waals surface area (Å²) in [6.07, 6.45) is 0. The van der Waals surface area contributed by atoms with Crippen LogP contribution in [0.3, 0.4) is 0 Å². The lowest BCUT2D eigenvalue weighted by Gasteiger charge is -2.14. The van der Waals surface area contributed by atoms with Gasteiger partial charge in [0, 0.05) is 10.9 Å². The minimum absolute atomic E-state index is 0.0315. The average molecular weight is 399 g/mol. The summed E-state index contributed by atoms with van der Waals surface area (Å²) >= 11 is 6.16. The van der Waals surface area contributed by atoms with Crippen molar-refractivity contribution < 1.29 is 19.1 Å². The molecule has 0 saturated heterocycles. The van der Waals surface area contributed by atoms with Crippen molar-refractivity contribution >= 4 is 34.4 Å². The Morgan fingerprint density at radius 3 is 2.61 bits per heavy atom. The number of halogens is 1. The third-order valence-corrected chi connectivity index (χ3v) is 4.29. The van der Waals surface area contributed by atoms with E-state index in [9.17, 15) is 9.59 Å². The van der Waals surface area contributed by atoms with Gasteiger partial charge < -0.3 is 14.8 Å². The number of nitrogens with one attached hydrogen (secondary N) is 1. The van der Waals surface area contributed by atoms with Crippen LogP contribution in [0.25, 0.3) is 10.9 Å². The van der Waals surface area contributed by atoms with Crippen LogP contribution in [0.4, 0.5) is 0 Å². The minimum Gasteiger partial charge on any atom is -0.484 e. The zero-order valence-corrected chi connectivity index (χ0v) is 16.0. The molecule has 0 aliphatic carbocycles. The molecule has 1 N–H and O–H groups in total. The van der Waals surface area contributed by atoms with E-state index in [4.69, 9.17) is 21.1 Å². The van der Waals surface area contributed by atoms with Crippen molar-refractivity contribution in [2.45, 2.75) is 19.6 Å². The third-order valence-electron chi connectivity index (χ3n) is 3.96. The average Bonchev–Trinajstić information content (AvgIpc) is 2.71. The number of aromatic nitrogens is 1. The molecule has 1 amide bonds. The number of ether oxygens (including phenoxy) is 2. The molecule has 0 unspecified atom stereocenters. The molecule has 0 radical (unpaired) electrons. The molecule has 3 aromatic rings. The van der Waals surface area contributed by atoms with E-state index in [1.165, 1.54) is 0 Å². The van der Waals surface area contributed by atoms with Crippen LogP contribution in [0.5, 0.6) is 5.75 Å². The van der Waals surface area contributed by atoms with Gasteiger partial charge in [-0.1, -0.05) is 48.0 Å². The summed E-state index contributed by atoms with van der Waals surface area (Å²) in [6, 6.07) is 17.5. The summed E-state index contributed by atoms with van der Waals surface area (Å²) < 4.78 is 10.6. The summed E-state index contributed by atoms with van der Waals surface area (Å²) in [7, 11) is 0. The normalized spacial score (nSPS) is 11.6. The molecule has 3 rings (SSSR count). The van der Waals surface area contributed by atoms with E-state index in [0.29, 0.717) is 11.3 Å². The van der Waals surface area contributed by atoms with E-state index in [1.54, 1.807) is 31.2 Å². The van der Waals surface area contributed by atoms with E-state index in [-0.39, 0.29) is 18.4 Å². The Balaban J connectivity index is 1.50. The second-order valence-corrected chi connectivity index (χ2v) is 6.49. The number of hydrogen-bond donors (Lipinski definition) is 1. The molecule has 0 aliphatic rings. The Kier molecular flexibility index (Phi) is 6.45. The fourth-order valence-electron chi connectivity index (χ4n) is 2.52. The molecule has 0 fully saturated rings. The molecular formula is C21H19ClN2O4. The first-order valence-electron chi connectivity index (χ1n) is 8.71. The molecular weight excluding hydrogens is 380 g/mol. The molecule has 0 bridgehead atoms. The molecule has 0 saturated carbocycles. The number of pyridine rings is 1. The quantitative estimate of drug-likeness (QED) is 0.486. The highest BCUT2D eigenvalue weighted by molar-refractivity contribution is 6.30. The van der Waals surface area contributed by atoms with Crippen molar-refractivity contribution in [1.29, 1.82) is 0 Å². The lowest BCUT2D eigenvalue weighted by molar-refractivity contribution is -0.148.